The van der Waals surface area contributed by atoms with Gasteiger partial charge in [0.15, 0.2) is 0 Å². The van der Waals surface area contributed by atoms with Gasteiger partial charge in [-0.05, 0) is 37.3 Å². The predicted octanol–water partition coefficient (Wildman–Crippen LogP) is 2.96. The Kier molecular flexibility index (Phi) is 4.82. The van der Waals surface area contributed by atoms with Crippen LogP contribution in [0.3, 0.4) is 0 Å². The number of anilines is 2. The Bertz CT molecular complexity index is 757. The molecule has 116 valence electrons. The van der Waals surface area contributed by atoms with Gasteiger partial charge in [-0.3, -0.25) is 0 Å². The summed E-state index contributed by atoms with van der Waals surface area (Å²) in [5.74, 6) is -0.562. The summed E-state index contributed by atoms with van der Waals surface area (Å²) in [6, 6.07) is 15.1. The highest BCUT2D eigenvalue weighted by Gasteiger charge is 2.23. The third-order valence-corrected chi connectivity index (χ3v) is 4.84. The highest BCUT2D eigenvalue weighted by Crippen LogP contribution is 2.29. The minimum absolute atomic E-state index is 0.0512. The van der Waals surface area contributed by atoms with Crippen LogP contribution in [-0.2, 0) is 14.8 Å². The molecule has 0 saturated heterocycles. The first-order valence-corrected chi connectivity index (χ1v) is 8.37. The average Bonchev–Trinajstić information content (AvgIpc) is 2.55. The maximum Gasteiger partial charge on any atom is 0.337 e. The number of benzene rings is 2. The molecule has 6 heteroatoms. The lowest BCUT2D eigenvalue weighted by molar-refractivity contribution is 0.0600. The monoisotopic (exact) mass is 319 g/mol. The second-order valence-corrected chi connectivity index (χ2v) is 6.65. The largest absolute Gasteiger partial charge is 0.465 e. The smallest absolute Gasteiger partial charge is 0.337 e. The van der Waals surface area contributed by atoms with E-state index in [2.05, 4.69) is 4.74 Å². The van der Waals surface area contributed by atoms with E-state index in [4.69, 9.17) is 0 Å². The number of methoxy groups -OCH3 is 1. The van der Waals surface area contributed by atoms with Gasteiger partial charge in [0.25, 0.3) is 0 Å². The van der Waals surface area contributed by atoms with Gasteiger partial charge < -0.3 is 4.74 Å². The fourth-order valence-electron chi connectivity index (χ4n) is 2.04. The molecule has 0 radical (unpaired) electrons. The SMILES string of the molecule is CCS(=O)(=O)N(c1ccccc1)c1cccc(C(=O)OC)c1. The second kappa shape index (κ2) is 6.62. The highest BCUT2D eigenvalue weighted by atomic mass is 32.2. The van der Waals surface area contributed by atoms with Gasteiger partial charge in [-0.15, -0.1) is 0 Å². The van der Waals surface area contributed by atoms with Crippen molar-refractivity contribution in [2.75, 3.05) is 17.2 Å². The molecule has 0 heterocycles. The van der Waals surface area contributed by atoms with Gasteiger partial charge in [0.2, 0.25) is 10.0 Å². The van der Waals surface area contributed by atoms with Crippen LogP contribution in [0.2, 0.25) is 0 Å². The zero-order valence-electron chi connectivity index (χ0n) is 12.4. The van der Waals surface area contributed by atoms with Crippen molar-refractivity contribution in [3.63, 3.8) is 0 Å². The number of ether oxygens (including phenoxy) is 1. The van der Waals surface area contributed by atoms with E-state index in [-0.39, 0.29) is 5.75 Å². The van der Waals surface area contributed by atoms with Crippen molar-refractivity contribution in [1.29, 1.82) is 0 Å². The van der Waals surface area contributed by atoms with E-state index < -0.39 is 16.0 Å². The molecule has 0 aliphatic heterocycles. The number of sulfonamides is 1. The fourth-order valence-corrected chi connectivity index (χ4v) is 3.18. The Hall–Kier alpha value is -2.34. The molecule has 2 rings (SSSR count). The van der Waals surface area contributed by atoms with E-state index in [9.17, 15) is 13.2 Å². The number of nitrogens with zero attached hydrogens (tertiary/aromatic N) is 1. The zero-order chi connectivity index (χ0) is 16.2. The summed E-state index contributed by atoms with van der Waals surface area (Å²) in [7, 11) is -2.25. The second-order valence-electron chi connectivity index (χ2n) is 4.54. The lowest BCUT2D eigenvalue weighted by Gasteiger charge is -2.24. The van der Waals surface area contributed by atoms with Crippen LogP contribution >= 0.6 is 0 Å². The summed E-state index contributed by atoms with van der Waals surface area (Å²) in [6.45, 7) is 1.58. The Morgan fingerprint density at radius 2 is 1.68 bits per heavy atom. The number of carbonyl (C=O) groups excluding carboxylic acids is 1. The lowest BCUT2D eigenvalue weighted by atomic mass is 10.2. The van der Waals surface area contributed by atoms with Gasteiger partial charge in [-0.25, -0.2) is 17.5 Å². The van der Waals surface area contributed by atoms with Crippen molar-refractivity contribution < 1.29 is 17.9 Å². The molecule has 0 unspecified atom stereocenters. The van der Waals surface area contributed by atoms with Crippen LogP contribution in [0.25, 0.3) is 0 Å². The van der Waals surface area contributed by atoms with Gasteiger partial charge in [0, 0.05) is 0 Å². The highest BCUT2D eigenvalue weighted by molar-refractivity contribution is 7.93. The quantitative estimate of drug-likeness (QED) is 0.795. The van der Waals surface area contributed by atoms with Gasteiger partial charge in [0.1, 0.15) is 0 Å². The lowest BCUT2D eigenvalue weighted by Crippen LogP contribution is -2.27. The predicted molar refractivity (Wildman–Crippen MR) is 85.8 cm³/mol. The number of carbonyl (C=O) groups is 1. The van der Waals surface area contributed by atoms with E-state index in [1.165, 1.54) is 17.5 Å². The van der Waals surface area contributed by atoms with Crippen LogP contribution in [0, 0.1) is 0 Å². The van der Waals surface area contributed by atoms with E-state index in [1.807, 2.05) is 6.07 Å². The van der Waals surface area contributed by atoms with Crippen LogP contribution in [0.5, 0.6) is 0 Å². The third-order valence-electron chi connectivity index (χ3n) is 3.14. The summed E-state index contributed by atoms with van der Waals surface area (Å²) < 4.78 is 30.8. The van der Waals surface area contributed by atoms with Crippen molar-refractivity contribution in [1.82, 2.24) is 0 Å². The molecular formula is C16H17NO4S. The zero-order valence-corrected chi connectivity index (χ0v) is 13.2. The Morgan fingerprint density at radius 1 is 1.05 bits per heavy atom. The van der Waals surface area contributed by atoms with Crippen molar-refractivity contribution in [2.45, 2.75) is 6.92 Å². The van der Waals surface area contributed by atoms with Gasteiger partial charge in [-0.2, -0.15) is 0 Å². The van der Waals surface area contributed by atoms with Crippen LogP contribution < -0.4 is 4.31 Å². The molecular weight excluding hydrogens is 302 g/mol. The molecule has 0 fully saturated rings. The van der Waals surface area contributed by atoms with Crippen LogP contribution in [0.4, 0.5) is 11.4 Å². The average molecular weight is 319 g/mol. The van der Waals surface area contributed by atoms with Gasteiger partial charge >= 0.3 is 5.97 Å². The molecule has 2 aromatic rings. The Morgan fingerprint density at radius 3 is 2.27 bits per heavy atom. The van der Waals surface area contributed by atoms with E-state index >= 15 is 0 Å². The minimum Gasteiger partial charge on any atom is -0.465 e. The Balaban J connectivity index is 2.58. The number of hydrogen-bond acceptors (Lipinski definition) is 4. The molecule has 5 nitrogen and oxygen atoms in total. The standard InChI is InChI=1S/C16H17NO4S/c1-3-22(19,20)17(14-9-5-4-6-10-14)15-11-7-8-13(12-15)16(18)21-2/h4-12H,3H2,1-2H3. The first-order chi connectivity index (χ1) is 10.5. The molecule has 0 N–H and O–H groups in total. The van der Waals surface area contributed by atoms with Gasteiger partial charge in [0.05, 0.1) is 29.8 Å². The topological polar surface area (TPSA) is 63.7 Å². The van der Waals surface area contributed by atoms with E-state index in [0.29, 0.717) is 16.9 Å². The summed E-state index contributed by atoms with van der Waals surface area (Å²) >= 11 is 0. The number of para-hydroxylation sites is 1. The fraction of sp³-hybridized carbons (Fsp3) is 0.188. The summed E-state index contributed by atoms with van der Waals surface area (Å²) in [4.78, 5) is 11.7. The maximum absolute atomic E-state index is 12.5. The summed E-state index contributed by atoms with van der Waals surface area (Å²) in [5, 5.41) is 0. The molecule has 22 heavy (non-hydrogen) atoms. The first kappa shape index (κ1) is 16.0. The molecule has 0 aliphatic carbocycles. The van der Waals surface area contributed by atoms with E-state index in [0.717, 1.165) is 0 Å². The normalized spacial score (nSPS) is 11.0. The molecule has 0 aliphatic rings. The molecule has 0 saturated carbocycles. The van der Waals surface area contributed by atoms with Crippen LogP contribution in [0.1, 0.15) is 17.3 Å². The van der Waals surface area contributed by atoms with Crippen molar-refractivity contribution in [3.05, 3.63) is 60.2 Å². The molecule has 2 aromatic carbocycles. The molecule has 0 atom stereocenters. The number of esters is 1. The van der Waals surface area contributed by atoms with Crippen molar-refractivity contribution in [3.8, 4) is 0 Å². The Labute approximate surface area is 130 Å². The minimum atomic E-state index is -3.53. The van der Waals surface area contributed by atoms with Crippen LogP contribution in [0.15, 0.2) is 54.6 Å². The molecule has 0 bridgehead atoms. The third kappa shape index (κ3) is 3.28. The molecule has 0 aromatic heterocycles. The first-order valence-electron chi connectivity index (χ1n) is 6.76. The van der Waals surface area contributed by atoms with Crippen LogP contribution in [-0.4, -0.2) is 27.2 Å². The number of rotatable bonds is 5. The van der Waals surface area contributed by atoms with Crippen molar-refractivity contribution >= 4 is 27.4 Å². The maximum atomic E-state index is 12.5. The molecule has 0 spiro atoms. The van der Waals surface area contributed by atoms with E-state index in [1.54, 1.807) is 49.4 Å². The van der Waals surface area contributed by atoms with Crippen molar-refractivity contribution in [2.24, 2.45) is 0 Å². The summed E-state index contributed by atoms with van der Waals surface area (Å²) in [5.41, 5.74) is 1.22. The number of hydrogen-bond donors (Lipinski definition) is 0. The summed E-state index contributed by atoms with van der Waals surface area (Å²) in [6.07, 6.45) is 0. The molecule has 0 amide bonds. The van der Waals surface area contributed by atoms with Gasteiger partial charge in [-0.1, -0.05) is 24.3 Å².